The molecule has 0 saturated heterocycles. The van der Waals surface area contributed by atoms with E-state index in [-0.39, 0.29) is 0 Å². The number of aryl methyl sites for hydroxylation is 1. The first-order chi connectivity index (χ1) is 12.5. The van der Waals surface area contributed by atoms with Crippen LogP contribution >= 0.6 is 23.2 Å². The number of benzene rings is 2. The fraction of sp³-hybridized carbons (Fsp3) is 0.190. The largest absolute Gasteiger partial charge is 0.489 e. The Labute approximate surface area is 163 Å². The number of ether oxygens (including phenoxy) is 1. The summed E-state index contributed by atoms with van der Waals surface area (Å²) in [6, 6.07) is 13.4. The maximum Gasteiger partial charge on any atom is 0.119 e. The lowest BCUT2D eigenvalue weighted by molar-refractivity contribution is 0.306. The maximum absolute atomic E-state index is 6.17. The van der Waals surface area contributed by atoms with Gasteiger partial charge in [0.1, 0.15) is 18.2 Å². The van der Waals surface area contributed by atoms with E-state index in [4.69, 9.17) is 27.9 Å². The Morgan fingerprint density at radius 1 is 1.15 bits per heavy atom. The Morgan fingerprint density at radius 2 is 1.92 bits per heavy atom. The molecule has 0 atom stereocenters. The van der Waals surface area contributed by atoms with E-state index in [1.54, 1.807) is 6.07 Å². The first-order valence-electron chi connectivity index (χ1n) is 8.33. The van der Waals surface area contributed by atoms with E-state index >= 15 is 0 Å². The summed E-state index contributed by atoms with van der Waals surface area (Å²) < 4.78 is 7.94. The van der Waals surface area contributed by atoms with E-state index in [1.807, 2.05) is 55.7 Å². The summed E-state index contributed by atoms with van der Waals surface area (Å²) in [6.07, 6.45) is 5.98. The van der Waals surface area contributed by atoms with Crippen molar-refractivity contribution in [1.82, 2.24) is 9.55 Å². The van der Waals surface area contributed by atoms with Crippen molar-refractivity contribution < 1.29 is 4.74 Å². The zero-order chi connectivity index (χ0) is 18.5. The van der Waals surface area contributed by atoms with Crippen molar-refractivity contribution in [3.05, 3.63) is 87.4 Å². The quantitative estimate of drug-likeness (QED) is 0.505. The molecule has 0 bridgehead atoms. The molecule has 134 valence electrons. The Kier molecular flexibility index (Phi) is 6.02. The fourth-order valence-corrected chi connectivity index (χ4v) is 3.09. The van der Waals surface area contributed by atoms with Gasteiger partial charge in [-0.15, -0.1) is 0 Å². The van der Waals surface area contributed by atoms with E-state index in [2.05, 4.69) is 22.6 Å². The van der Waals surface area contributed by atoms with Crippen molar-refractivity contribution in [2.24, 2.45) is 0 Å². The second-order valence-electron chi connectivity index (χ2n) is 6.19. The van der Waals surface area contributed by atoms with Crippen LogP contribution in [0.15, 0.2) is 60.4 Å². The van der Waals surface area contributed by atoms with Gasteiger partial charge < -0.3 is 9.30 Å². The molecule has 0 N–H and O–H groups in total. The molecule has 0 aliphatic rings. The molecule has 0 unspecified atom stereocenters. The second kappa shape index (κ2) is 8.43. The summed E-state index contributed by atoms with van der Waals surface area (Å²) in [5, 5.41) is 1.23. The third-order valence-electron chi connectivity index (χ3n) is 4.05. The lowest BCUT2D eigenvalue weighted by Crippen LogP contribution is -2.00. The third-order valence-corrected chi connectivity index (χ3v) is 4.63. The summed E-state index contributed by atoms with van der Waals surface area (Å²) in [7, 11) is 0. The average molecular weight is 387 g/mol. The molecule has 3 aromatic rings. The number of hydrogen-bond acceptors (Lipinski definition) is 2. The van der Waals surface area contributed by atoms with E-state index in [1.165, 1.54) is 5.57 Å². The number of aromatic nitrogens is 2. The highest BCUT2D eigenvalue weighted by atomic mass is 35.5. The van der Waals surface area contributed by atoms with Crippen LogP contribution in [0.2, 0.25) is 10.0 Å². The predicted molar refractivity (Wildman–Crippen MR) is 108 cm³/mol. The van der Waals surface area contributed by atoms with Crippen molar-refractivity contribution in [1.29, 1.82) is 0 Å². The zero-order valence-electron chi connectivity index (χ0n) is 14.7. The Morgan fingerprint density at radius 3 is 2.58 bits per heavy atom. The van der Waals surface area contributed by atoms with Crippen molar-refractivity contribution in [3.8, 4) is 5.75 Å². The van der Waals surface area contributed by atoms with Crippen molar-refractivity contribution in [2.45, 2.75) is 27.0 Å². The first kappa shape index (κ1) is 18.6. The van der Waals surface area contributed by atoms with Gasteiger partial charge in [0.05, 0.1) is 0 Å². The van der Waals surface area contributed by atoms with Crippen LogP contribution in [-0.2, 0) is 13.2 Å². The number of hydrogen-bond donors (Lipinski definition) is 0. The van der Waals surface area contributed by atoms with Crippen LogP contribution < -0.4 is 4.74 Å². The molecule has 1 heterocycles. The lowest BCUT2D eigenvalue weighted by atomic mass is 10.1. The van der Waals surface area contributed by atoms with Gasteiger partial charge in [0.2, 0.25) is 0 Å². The molecule has 26 heavy (non-hydrogen) atoms. The minimum Gasteiger partial charge on any atom is -0.489 e. The predicted octanol–water partition coefficient (Wildman–Crippen LogP) is 6.18. The molecule has 2 aromatic carbocycles. The van der Waals surface area contributed by atoms with Crippen LogP contribution in [0.25, 0.3) is 6.08 Å². The normalized spacial score (nSPS) is 11.6. The molecule has 3 rings (SSSR count). The monoisotopic (exact) mass is 386 g/mol. The highest BCUT2D eigenvalue weighted by Gasteiger charge is 2.03. The van der Waals surface area contributed by atoms with Gasteiger partial charge in [0.15, 0.2) is 0 Å². The van der Waals surface area contributed by atoms with Gasteiger partial charge in [-0.3, -0.25) is 0 Å². The zero-order valence-corrected chi connectivity index (χ0v) is 16.3. The van der Waals surface area contributed by atoms with E-state index in [0.29, 0.717) is 16.7 Å². The highest BCUT2D eigenvalue weighted by Crippen LogP contribution is 2.23. The molecule has 0 aliphatic heterocycles. The smallest absolute Gasteiger partial charge is 0.119 e. The summed E-state index contributed by atoms with van der Waals surface area (Å²) in [6.45, 7) is 5.36. The molecule has 0 fully saturated rings. The SMILES string of the molecule is C/C(=C/c1ccc(OCc2ccc(Cl)cc2Cl)cc1)Cn1ccnc1C. The van der Waals surface area contributed by atoms with Crippen molar-refractivity contribution in [2.75, 3.05) is 0 Å². The van der Waals surface area contributed by atoms with Crippen LogP contribution in [0.3, 0.4) is 0 Å². The third kappa shape index (κ3) is 4.90. The number of halogens is 2. The number of rotatable bonds is 6. The molecule has 0 radical (unpaired) electrons. The van der Waals surface area contributed by atoms with Crippen LogP contribution in [0, 0.1) is 6.92 Å². The highest BCUT2D eigenvalue weighted by molar-refractivity contribution is 6.35. The molecule has 1 aromatic heterocycles. The maximum atomic E-state index is 6.17. The van der Waals surface area contributed by atoms with Gasteiger partial charge in [-0.2, -0.15) is 0 Å². The summed E-state index contributed by atoms with van der Waals surface area (Å²) >= 11 is 12.1. The van der Waals surface area contributed by atoms with E-state index in [0.717, 1.165) is 29.2 Å². The summed E-state index contributed by atoms with van der Waals surface area (Å²) in [4.78, 5) is 4.25. The van der Waals surface area contributed by atoms with Gasteiger partial charge in [-0.1, -0.05) is 53.1 Å². The Hall–Kier alpha value is -2.23. The molecular formula is C21H20Cl2N2O. The average Bonchev–Trinajstić information content (AvgIpc) is 3.00. The fourth-order valence-electron chi connectivity index (χ4n) is 2.63. The van der Waals surface area contributed by atoms with Crippen molar-refractivity contribution in [3.63, 3.8) is 0 Å². The van der Waals surface area contributed by atoms with Crippen LogP contribution in [-0.4, -0.2) is 9.55 Å². The van der Waals surface area contributed by atoms with E-state index in [9.17, 15) is 0 Å². The van der Waals surface area contributed by atoms with Crippen LogP contribution in [0.1, 0.15) is 23.9 Å². The second-order valence-corrected chi connectivity index (χ2v) is 7.03. The summed E-state index contributed by atoms with van der Waals surface area (Å²) in [5.41, 5.74) is 3.30. The van der Waals surface area contributed by atoms with Crippen molar-refractivity contribution >= 4 is 29.3 Å². The van der Waals surface area contributed by atoms with Gasteiger partial charge in [-0.25, -0.2) is 4.98 Å². The Bertz CT molecular complexity index is 914. The number of imidazole rings is 1. The minimum atomic E-state index is 0.407. The van der Waals surface area contributed by atoms with Crippen LogP contribution in [0.4, 0.5) is 0 Å². The van der Waals surface area contributed by atoms with Crippen LogP contribution in [0.5, 0.6) is 5.75 Å². The number of nitrogens with zero attached hydrogens (tertiary/aromatic N) is 2. The number of allylic oxidation sites excluding steroid dienone is 1. The molecular weight excluding hydrogens is 367 g/mol. The molecule has 0 amide bonds. The molecule has 3 nitrogen and oxygen atoms in total. The van der Waals surface area contributed by atoms with E-state index < -0.39 is 0 Å². The molecule has 0 aliphatic carbocycles. The molecule has 0 spiro atoms. The minimum absolute atomic E-state index is 0.407. The van der Waals surface area contributed by atoms with Gasteiger partial charge >= 0.3 is 0 Å². The molecule has 0 saturated carbocycles. The topological polar surface area (TPSA) is 27.1 Å². The van der Waals surface area contributed by atoms with Gasteiger partial charge in [0, 0.05) is 34.5 Å². The molecule has 5 heteroatoms. The van der Waals surface area contributed by atoms with Gasteiger partial charge in [-0.05, 0) is 43.7 Å². The lowest BCUT2D eigenvalue weighted by Gasteiger charge is -2.09. The van der Waals surface area contributed by atoms with Gasteiger partial charge in [0.25, 0.3) is 0 Å². The Balaban J connectivity index is 1.61. The standard InChI is InChI=1S/C21H20Cl2N2O/c1-15(13-25-10-9-24-16(25)2)11-17-3-7-20(8-4-17)26-14-18-5-6-19(22)12-21(18)23/h3-12H,13-14H2,1-2H3/b15-11-. The summed E-state index contributed by atoms with van der Waals surface area (Å²) in [5.74, 6) is 1.82. The first-order valence-corrected chi connectivity index (χ1v) is 9.08.